The summed E-state index contributed by atoms with van der Waals surface area (Å²) in [7, 11) is 1.19. The molecule has 0 radical (unpaired) electrons. The van der Waals surface area contributed by atoms with Crippen molar-refractivity contribution in [3.63, 3.8) is 0 Å². The molecule has 204 valence electrons. The second-order valence-electron chi connectivity index (χ2n) is 8.02. The van der Waals surface area contributed by atoms with Crippen LogP contribution in [0.2, 0.25) is 0 Å². The molecule has 1 amide bonds. The topological polar surface area (TPSA) is 177 Å². The molecule has 0 spiro atoms. The number of carbonyl (C=O) groups is 2. The molecule has 0 aliphatic carbocycles. The van der Waals surface area contributed by atoms with E-state index in [0.717, 1.165) is 10.9 Å². The zero-order chi connectivity index (χ0) is 28.7. The van der Waals surface area contributed by atoms with Crippen LogP contribution in [0.5, 0.6) is 11.5 Å². The highest BCUT2D eigenvalue weighted by molar-refractivity contribution is 7.85. The molecule has 0 saturated carbocycles. The number of hydrogen-bond acceptors (Lipinski definition) is 9. The molecule has 0 aliphatic heterocycles. The number of nitrogens with zero attached hydrogens (tertiary/aromatic N) is 2. The Morgan fingerprint density at radius 3 is 2.05 bits per heavy atom. The van der Waals surface area contributed by atoms with Crippen LogP contribution in [0.1, 0.15) is 20.7 Å². The zero-order valence-electron chi connectivity index (χ0n) is 21.4. The van der Waals surface area contributed by atoms with E-state index in [1.54, 1.807) is 39.5 Å². The summed E-state index contributed by atoms with van der Waals surface area (Å²) in [5, 5.41) is 15.6. The predicted octanol–water partition coefficient (Wildman–Crippen LogP) is 3.81. The van der Waals surface area contributed by atoms with Gasteiger partial charge in [-0.1, -0.05) is 12.1 Å². The molecular formula is C26H26N4O8S. The molecule has 0 bridgehead atoms. The number of hydrogen-bond donors (Lipinski definition) is 4. The maximum Gasteiger partial charge on any atom is 0.335 e. The molecule has 4 N–H and O–H groups in total. The lowest BCUT2D eigenvalue weighted by molar-refractivity contribution is 0.0696. The molecule has 13 heteroatoms. The van der Waals surface area contributed by atoms with E-state index < -0.39 is 16.1 Å². The molecule has 1 heterocycles. The number of carboxylic acids is 1. The van der Waals surface area contributed by atoms with Gasteiger partial charge in [0, 0.05) is 35.3 Å². The second-order valence-corrected chi connectivity index (χ2v) is 9.49. The Balaban J connectivity index is 0.000000771. The highest BCUT2D eigenvalue weighted by Crippen LogP contribution is 2.36. The normalized spacial score (nSPS) is 10.7. The van der Waals surface area contributed by atoms with Crippen LogP contribution in [-0.2, 0) is 10.1 Å². The van der Waals surface area contributed by atoms with Gasteiger partial charge in [-0.25, -0.2) is 14.8 Å². The minimum atomic E-state index is -3.67. The molecule has 12 nitrogen and oxygen atoms in total. The van der Waals surface area contributed by atoms with Gasteiger partial charge in [0.1, 0.15) is 0 Å². The predicted molar refractivity (Wildman–Crippen MR) is 146 cm³/mol. The van der Waals surface area contributed by atoms with E-state index in [4.69, 9.17) is 19.1 Å². The van der Waals surface area contributed by atoms with Gasteiger partial charge in [-0.3, -0.25) is 9.35 Å². The molecule has 0 unspecified atom stereocenters. The van der Waals surface area contributed by atoms with Crippen molar-refractivity contribution < 1.29 is 37.1 Å². The number of carboxylic acid groups (broad SMARTS) is 1. The third kappa shape index (κ3) is 7.63. The third-order valence-electron chi connectivity index (χ3n) is 5.21. The minimum Gasteiger partial charge on any atom is -0.493 e. The minimum absolute atomic E-state index is 0.113. The summed E-state index contributed by atoms with van der Waals surface area (Å²) < 4.78 is 36.7. The van der Waals surface area contributed by atoms with Gasteiger partial charge in [-0.05, 0) is 42.5 Å². The maximum absolute atomic E-state index is 12.7. The standard InChI is InChI=1S/C25H22N4O5.CH4O3S/c1-26-25-28-19-13-21(34-3)20(33-2)12-18(19)22(29-25)16-5-4-6-17(11-16)27-23(30)14-7-9-15(10-8-14)24(31)32;1-5(2,3)4/h4-13H,1-3H3,(H,27,30)(H,31,32)(H,26,28,29);1H3,(H,2,3,4). The summed E-state index contributed by atoms with van der Waals surface area (Å²) in [5.74, 6) is 0.126. The van der Waals surface area contributed by atoms with Crippen LogP contribution >= 0.6 is 0 Å². The van der Waals surface area contributed by atoms with Gasteiger partial charge in [-0.15, -0.1) is 0 Å². The molecule has 4 aromatic rings. The number of fused-ring (bicyclic) bond motifs is 1. The molecule has 4 rings (SSSR count). The zero-order valence-corrected chi connectivity index (χ0v) is 22.2. The molecule has 3 aromatic carbocycles. The van der Waals surface area contributed by atoms with Gasteiger partial charge in [0.2, 0.25) is 5.95 Å². The van der Waals surface area contributed by atoms with Crippen molar-refractivity contribution in [1.29, 1.82) is 0 Å². The Morgan fingerprint density at radius 2 is 1.49 bits per heavy atom. The lowest BCUT2D eigenvalue weighted by Crippen LogP contribution is -2.12. The first kappa shape index (κ1) is 28.8. The first-order valence-corrected chi connectivity index (χ1v) is 13.1. The molecule has 0 saturated heterocycles. The van der Waals surface area contributed by atoms with Crippen LogP contribution in [0.4, 0.5) is 11.6 Å². The number of aromatic carboxylic acids is 1. The van der Waals surface area contributed by atoms with Crippen molar-refractivity contribution in [2.75, 3.05) is 38.2 Å². The van der Waals surface area contributed by atoms with Crippen molar-refractivity contribution in [3.8, 4) is 22.8 Å². The van der Waals surface area contributed by atoms with Gasteiger partial charge in [-0.2, -0.15) is 8.42 Å². The Bertz CT molecular complexity index is 1620. The molecule has 39 heavy (non-hydrogen) atoms. The third-order valence-corrected chi connectivity index (χ3v) is 5.21. The van der Waals surface area contributed by atoms with Gasteiger partial charge in [0.25, 0.3) is 16.0 Å². The van der Waals surface area contributed by atoms with E-state index in [-0.39, 0.29) is 11.5 Å². The number of aromatic nitrogens is 2. The van der Waals surface area contributed by atoms with Crippen LogP contribution in [0, 0.1) is 0 Å². The Hall–Kier alpha value is -4.75. The van der Waals surface area contributed by atoms with Crippen molar-refractivity contribution in [3.05, 3.63) is 71.8 Å². The van der Waals surface area contributed by atoms with Crippen molar-refractivity contribution in [2.45, 2.75) is 0 Å². The number of amides is 1. The van der Waals surface area contributed by atoms with Gasteiger partial charge in [0.05, 0.1) is 37.2 Å². The number of benzene rings is 3. The maximum atomic E-state index is 12.7. The van der Waals surface area contributed by atoms with E-state index >= 15 is 0 Å². The Morgan fingerprint density at radius 1 is 0.897 bits per heavy atom. The summed E-state index contributed by atoms with van der Waals surface area (Å²) in [6.45, 7) is 0. The van der Waals surface area contributed by atoms with Crippen LogP contribution in [0.3, 0.4) is 0 Å². The van der Waals surface area contributed by atoms with Crippen molar-refractivity contribution >= 4 is 44.5 Å². The van der Waals surface area contributed by atoms with Gasteiger partial charge >= 0.3 is 5.97 Å². The Kier molecular flexibility index (Phi) is 9.01. The molecule has 0 aliphatic rings. The van der Waals surface area contributed by atoms with E-state index in [0.29, 0.717) is 46.2 Å². The number of methoxy groups -OCH3 is 2. The van der Waals surface area contributed by atoms with E-state index in [1.165, 1.54) is 24.3 Å². The average molecular weight is 555 g/mol. The molecule has 0 atom stereocenters. The summed E-state index contributed by atoms with van der Waals surface area (Å²) in [5.41, 5.74) is 3.09. The van der Waals surface area contributed by atoms with Crippen LogP contribution in [-0.4, -0.2) is 67.4 Å². The highest BCUT2D eigenvalue weighted by Gasteiger charge is 2.15. The lowest BCUT2D eigenvalue weighted by atomic mass is 10.0. The fourth-order valence-electron chi connectivity index (χ4n) is 3.50. The van der Waals surface area contributed by atoms with E-state index in [9.17, 15) is 18.0 Å². The monoisotopic (exact) mass is 554 g/mol. The fraction of sp³-hybridized carbons (Fsp3) is 0.154. The summed E-state index contributed by atoms with van der Waals surface area (Å²) in [6, 6.07) is 16.6. The molecular weight excluding hydrogens is 528 g/mol. The van der Waals surface area contributed by atoms with E-state index in [2.05, 4.69) is 20.6 Å². The SMILES string of the molecule is CNc1nc(-c2cccc(NC(=O)c3ccc(C(=O)O)cc3)c2)c2cc(OC)c(OC)cc2n1.CS(=O)(=O)O. The molecule has 1 aromatic heterocycles. The van der Waals surface area contributed by atoms with Gasteiger partial charge in [0.15, 0.2) is 11.5 Å². The summed E-state index contributed by atoms with van der Waals surface area (Å²) in [6.07, 6.45) is 0.715. The first-order valence-electron chi connectivity index (χ1n) is 11.2. The van der Waals surface area contributed by atoms with Crippen LogP contribution < -0.4 is 20.1 Å². The number of carbonyl (C=O) groups excluding carboxylic acids is 1. The average Bonchev–Trinajstić information content (AvgIpc) is 2.90. The number of anilines is 2. The number of ether oxygens (including phenoxy) is 2. The Labute approximate surface area is 224 Å². The summed E-state index contributed by atoms with van der Waals surface area (Å²) in [4.78, 5) is 32.9. The largest absolute Gasteiger partial charge is 0.493 e. The number of nitrogens with one attached hydrogen (secondary N) is 2. The quantitative estimate of drug-likeness (QED) is 0.244. The first-order chi connectivity index (χ1) is 18.4. The highest BCUT2D eigenvalue weighted by atomic mass is 32.2. The smallest absolute Gasteiger partial charge is 0.335 e. The van der Waals surface area contributed by atoms with Crippen LogP contribution in [0.15, 0.2) is 60.7 Å². The van der Waals surface area contributed by atoms with Crippen molar-refractivity contribution in [2.24, 2.45) is 0 Å². The fourth-order valence-corrected chi connectivity index (χ4v) is 3.50. The summed E-state index contributed by atoms with van der Waals surface area (Å²) >= 11 is 0. The second kappa shape index (κ2) is 12.2. The van der Waals surface area contributed by atoms with Crippen LogP contribution in [0.25, 0.3) is 22.2 Å². The number of rotatable bonds is 7. The van der Waals surface area contributed by atoms with E-state index in [1.807, 2.05) is 18.2 Å². The van der Waals surface area contributed by atoms with Crippen molar-refractivity contribution in [1.82, 2.24) is 9.97 Å². The van der Waals surface area contributed by atoms with Gasteiger partial charge < -0.3 is 25.2 Å². The lowest BCUT2D eigenvalue weighted by Gasteiger charge is -2.13. The molecule has 0 fully saturated rings.